The molecular weight excluding hydrogens is 336 g/mol. The van der Waals surface area contributed by atoms with E-state index in [9.17, 15) is 0 Å². The third kappa shape index (κ3) is 3.83. The van der Waals surface area contributed by atoms with Gasteiger partial charge in [-0.25, -0.2) is 0 Å². The Morgan fingerprint density at radius 1 is 1.04 bits per heavy atom. The summed E-state index contributed by atoms with van der Waals surface area (Å²) in [5, 5.41) is 4.76. The molecule has 1 aromatic heterocycles. The van der Waals surface area contributed by atoms with Crippen LogP contribution in [0.15, 0.2) is 59.1 Å². The lowest BCUT2D eigenvalue weighted by molar-refractivity contribution is -0.915. The highest BCUT2D eigenvalue weighted by Gasteiger charge is 2.22. The van der Waals surface area contributed by atoms with Gasteiger partial charge in [-0.15, -0.1) is 0 Å². The van der Waals surface area contributed by atoms with Crippen LogP contribution in [0.4, 0.5) is 5.69 Å². The summed E-state index contributed by atoms with van der Waals surface area (Å²) in [6.07, 6.45) is 0. The molecule has 3 aromatic rings. The van der Waals surface area contributed by atoms with Gasteiger partial charge in [0.25, 0.3) is 5.89 Å². The molecule has 0 bridgehead atoms. The summed E-state index contributed by atoms with van der Waals surface area (Å²) in [4.78, 5) is 8.41. The third-order valence-electron chi connectivity index (χ3n) is 4.54. The maximum absolute atomic E-state index is 6.03. The first-order valence-corrected chi connectivity index (χ1v) is 8.88. The highest BCUT2D eigenvalue weighted by atomic mass is 35.5. The molecule has 25 heavy (non-hydrogen) atoms. The van der Waals surface area contributed by atoms with Crippen LogP contribution in [0.25, 0.3) is 11.4 Å². The van der Waals surface area contributed by atoms with Crippen molar-refractivity contribution in [2.75, 3.05) is 31.1 Å². The minimum Gasteiger partial charge on any atom is -0.360 e. The van der Waals surface area contributed by atoms with E-state index in [2.05, 4.69) is 45.4 Å². The van der Waals surface area contributed by atoms with E-state index >= 15 is 0 Å². The lowest BCUT2D eigenvalue weighted by Gasteiger charge is -2.33. The van der Waals surface area contributed by atoms with Crippen molar-refractivity contribution >= 4 is 17.3 Å². The van der Waals surface area contributed by atoms with Crippen molar-refractivity contribution in [2.45, 2.75) is 6.54 Å². The number of para-hydroxylation sites is 1. The van der Waals surface area contributed by atoms with E-state index in [1.807, 2.05) is 24.3 Å². The second-order valence-electron chi connectivity index (χ2n) is 6.27. The Bertz CT molecular complexity index is 828. The first-order valence-electron chi connectivity index (χ1n) is 8.50. The van der Waals surface area contributed by atoms with Gasteiger partial charge in [0.1, 0.15) is 0 Å². The van der Waals surface area contributed by atoms with Gasteiger partial charge in [-0.3, -0.25) is 0 Å². The molecule has 1 N–H and O–H groups in total. The van der Waals surface area contributed by atoms with Gasteiger partial charge in [-0.1, -0.05) is 47.1 Å². The molecule has 5 nitrogen and oxygen atoms in total. The van der Waals surface area contributed by atoms with E-state index in [0.717, 1.165) is 38.3 Å². The van der Waals surface area contributed by atoms with Crippen LogP contribution in [0.3, 0.4) is 0 Å². The number of halogens is 1. The number of hydrogen-bond donors (Lipinski definition) is 1. The van der Waals surface area contributed by atoms with Gasteiger partial charge in [0.15, 0.2) is 6.54 Å². The zero-order chi connectivity index (χ0) is 17.1. The van der Waals surface area contributed by atoms with Crippen molar-refractivity contribution in [1.82, 2.24) is 10.1 Å². The maximum atomic E-state index is 6.03. The second kappa shape index (κ2) is 7.25. The summed E-state index contributed by atoms with van der Waals surface area (Å²) in [5.74, 6) is 1.28. The number of nitrogens with one attached hydrogen (secondary N) is 1. The van der Waals surface area contributed by atoms with E-state index < -0.39 is 0 Å². The molecule has 1 saturated heterocycles. The number of quaternary nitrogens is 1. The molecular formula is C19H20ClN4O+. The first-order chi connectivity index (χ1) is 12.3. The normalized spacial score (nSPS) is 15.5. The van der Waals surface area contributed by atoms with Crippen LogP contribution in [-0.2, 0) is 6.54 Å². The highest BCUT2D eigenvalue weighted by Crippen LogP contribution is 2.19. The molecule has 0 amide bonds. The molecule has 1 aliphatic heterocycles. The van der Waals surface area contributed by atoms with Crippen molar-refractivity contribution < 1.29 is 9.42 Å². The Morgan fingerprint density at radius 2 is 1.84 bits per heavy atom. The summed E-state index contributed by atoms with van der Waals surface area (Å²) < 4.78 is 5.43. The largest absolute Gasteiger partial charge is 0.360 e. The van der Waals surface area contributed by atoms with Crippen LogP contribution < -0.4 is 9.80 Å². The van der Waals surface area contributed by atoms with E-state index in [-0.39, 0.29) is 0 Å². The van der Waals surface area contributed by atoms with Crippen molar-refractivity contribution in [1.29, 1.82) is 0 Å². The minimum absolute atomic E-state index is 0.597. The standard InChI is InChI=1S/C19H19ClN4O/c20-16-6-4-5-15(13-16)19-21-18(25-22-19)14-23-9-11-24(12-10-23)17-7-2-1-3-8-17/h1-8,13H,9-12,14H2/p+1. The van der Waals surface area contributed by atoms with Crippen molar-refractivity contribution in [3.63, 3.8) is 0 Å². The van der Waals surface area contributed by atoms with E-state index in [1.165, 1.54) is 10.6 Å². The average molecular weight is 356 g/mol. The Kier molecular flexibility index (Phi) is 4.68. The van der Waals surface area contributed by atoms with Gasteiger partial charge in [0, 0.05) is 16.3 Å². The molecule has 2 heterocycles. The van der Waals surface area contributed by atoms with Gasteiger partial charge in [0.05, 0.1) is 26.2 Å². The molecule has 1 aliphatic rings. The molecule has 0 atom stereocenters. The van der Waals surface area contributed by atoms with Crippen LogP contribution in [0.2, 0.25) is 5.02 Å². The number of nitrogens with zero attached hydrogens (tertiary/aromatic N) is 3. The van der Waals surface area contributed by atoms with E-state index in [0.29, 0.717) is 16.7 Å². The van der Waals surface area contributed by atoms with Gasteiger partial charge in [-0.2, -0.15) is 4.98 Å². The van der Waals surface area contributed by atoms with Crippen molar-refractivity contribution in [3.05, 3.63) is 65.5 Å². The first kappa shape index (κ1) is 16.1. The Labute approximate surface area is 151 Å². The fourth-order valence-corrected chi connectivity index (χ4v) is 3.37. The van der Waals surface area contributed by atoms with Crippen LogP contribution in [0, 0.1) is 0 Å². The molecule has 0 radical (unpaired) electrons. The number of aromatic nitrogens is 2. The van der Waals surface area contributed by atoms with Crippen molar-refractivity contribution in [3.8, 4) is 11.4 Å². The summed E-state index contributed by atoms with van der Waals surface area (Å²) >= 11 is 6.03. The van der Waals surface area contributed by atoms with Gasteiger partial charge < -0.3 is 14.3 Å². The van der Waals surface area contributed by atoms with Crippen LogP contribution in [0.1, 0.15) is 5.89 Å². The number of anilines is 1. The minimum atomic E-state index is 0.597. The molecule has 128 valence electrons. The molecule has 1 fully saturated rings. The molecule has 0 unspecified atom stereocenters. The topological polar surface area (TPSA) is 46.6 Å². The zero-order valence-electron chi connectivity index (χ0n) is 13.9. The quantitative estimate of drug-likeness (QED) is 0.780. The smallest absolute Gasteiger partial charge is 0.282 e. The monoisotopic (exact) mass is 355 g/mol. The average Bonchev–Trinajstić information content (AvgIpc) is 3.12. The van der Waals surface area contributed by atoms with Crippen molar-refractivity contribution in [2.24, 2.45) is 0 Å². The number of hydrogen-bond acceptors (Lipinski definition) is 4. The number of rotatable bonds is 4. The van der Waals surface area contributed by atoms with Crippen LogP contribution in [0.5, 0.6) is 0 Å². The lowest BCUT2D eigenvalue weighted by Crippen LogP contribution is -3.13. The second-order valence-corrected chi connectivity index (χ2v) is 6.71. The summed E-state index contributed by atoms with van der Waals surface area (Å²) in [5.41, 5.74) is 2.17. The number of benzene rings is 2. The predicted octanol–water partition coefficient (Wildman–Crippen LogP) is 2.30. The Hall–Kier alpha value is -2.37. The summed E-state index contributed by atoms with van der Waals surface area (Å²) in [6.45, 7) is 4.95. The zero-order valence-corrected chi connectivity index (χ0v) is 14.6. The summed E-state index contributed by atoms with van der Waals surface area (Å²) in [6, 6.07) is 18.1. The lowest BCUT2D eigenvalue weighted by atomic mass is 10.2. The fraction of sp³-hybridized carbons (Fsp3) is 0.263. The fourth-order valence-electron chi connectivity index (χ4n) is 3.18. The van der Waals surface area contributed by atoms with Crippen LogP contribution in [-0.4, -0.2) is 36.3 Å². The molecule has 4 rings (SSSR count). The predicted molar refractivity (Wildman–Crippen MR) is 97.8 cm³/mol. The van der Waals surface area contributed by atoms with Gasteiger partial charge in [0.2, 0.25) is 5.82 Å². The number of piperazine rings is 1. The molecule has 0 aliphatic carbocycles. The SMILES string of the molecule is Clc1cccc(-c2noc(C[NH+]3CCN(c4ccccc4)CC3)n2)c1. The highest BCUT2D eigenvalue weighted by molar-refractivity contribution is 6.30. The molecule has 2 aromatic carbocycles. The maximum Gasteiger partial charge on any atom is 0.282 e. The Morgan fingerprint density at radius 3 is 2.60 bits per heavy atom. The van der Waals surface area contributed by atoms with Gasteiger partial charge in [-0.05, 0) is 24.3 Å². The van der Waals surface area contributed by atoms with Gasteiger partial charge >= 0.3 is 0 Å². The third-order valence-corrected chi connectivity index (χ3v) is 4.78. The summed E-state index contributed by atoms with van der Waals surface area (Å²) in [7, 11) is 0. The molecule has 0 spiro atoms. The van der Waals surface area contributed by atoms with Crippen LogP contribution >= 0.6 is 11.6 Å². The van der Waals surface area contributed by atoms with E-state index in [4.69, 9.17) is 16.1 Å². The molecule has 6 heteroatoms. The molecule has 0 saturated carbocycles. The van der Waals surface area contributed by atoms with E-state index in [1.54, 1.807) is 0 Å². The Balaban J connectivity index is 1.36.